The van der Waals surface area contributed by atoms with Crippen molar-refractivity contribution in [3.05, 3.63) is 94.1 Å². The van der Waals surface area contributed by atoms with E-state index in [0.717, 1.165) is 47.6 Å². The molecule has 4 aromatic rings. The fourth-order valence-electron chi connectivity index (χ4n) is 6.50. The van der Waals surface area contributed by atoms with Gasteiger partial charge in [-0.05, 0) is 110 Å². The van der Waals surface area contributed by atoms with Crippen LogP contribution in [-0.2, 0) is 14.2 Å². The lowest BCUT2D eigenvalue weighted by Gasteiger charge is -2.30. The van der Waals surface area contributed by atoms with Crippen LogP contribution in [0.3, 0.4) is 0 Å². The van der Waals surface area contributed by atoms with Gasteiger partial charge in [-0.1, -0.05) is 11.1 Å². The topological polar surface area (TPSA) is 102 Å². The standard InChI is InChI=1S/C40H44O9/c1-25(16-20-42-28-11-9-27-10-14-36(41)45-31(27)23-28)8-13-35-39(5,6)49-40(48-35)19-15-29-33(46-40)24-32-30(18-22-43-32)37(29)44-21-17-26(2)7-12-34-38(3,4)47-34/h9-11,14-19,22-24,34-35H,7-8,12-13,20-21H2,1-6H3/t34?,35?,40-/m0/s1. The highest BCUT2D eigenvalue weighted by molar-refractivity contribution is 5.91. The zero-order valence-corrected chi connectivity index (χ0v) is 29.0. The fourth-order valence-corrected chi connectivity index (χ4v) is 6.50. The third-order valence-electron chi connectivity index (χ3n) is 9.61. The van der Waals surface area contributed by atoms with E-state index in [1.807, 2.05) is 56.3 Å². The summed E-state index contributed by atoms with van der Waals surface area (Å²) >= 11 is 0. The second-order valence-corrected chi connectivity index (χ2v) is 14.3. The van der Waals surface area contributed by atoms with Gasteiger partial charge in [-0.3, -0.25) is 0 Å². The molecule has 2 unspecified atom stereocenters. The van der Waals surface area contributed by atoms with Crippen LogP contribution < -0.4 is 19.8 Å². The van der Waals surface area contributed by atoms with E-state index in [4.69, 9.17) is 37.3 Å². The molecule has 0 radical (unpaired) electrons. The number of hydrogen-bond donors (Lipinski definition) is 0. The summed E-state index contributed by atoms with van der Waals surface area (Å²) in [6.07, 6.45) is 13.2. The van der Waals surface area contributed by atoms with Crippen molar-refractivity contribution in [3.8, 4) is 17.2 Å². The molecule has 258 valence electrons. The number of fused-ring (bicyclic) bond motifs is 3. The van der Waals surface area contributed by atoms with Crippen molar-refractivity contribution >= 4 is 28.0 Å². The van der Waals surface area contributed by atoms with Gasteiger partial charge in [0, 0.05) is 29.7 Å². The number of benzene rings is 2. The van der Waals surface area contributed by atoms with Crippen LogP contribution in [-0.4, -0.2) is 42.6 Å². The Morgan fingerprint density at radius 3 is 2.27 bits per heavy atom. The van der Waals surface area contributed by atoms with Crippen LogP contribution in [0.4, 0.5) is 0 Å². The van der Waals surface area contributed by atoms with Gasteiger partial charge in [0.15, 0.2) is 0 Å². The molecule has 49 heavy (non-hydrogen) atoms. The number of allylic oxidation sites excluding steroid dienone is 2. The Morgan fingerprint density at radius 1 is 0.837 bits per heavy atom. The summed E-state index contributed by atoms with van der Waals surface area (Å²) in [4.78, 5) is 11.6. The molecule has 9 nitrogen and oxygen atoms in total. The Morgan fingerprint density at radius 2 is 1.53 bits per heavy atom. The van der Waals surface area contributed by atoms with E-state index in [0.29, 0.717) is 47.7 Å². The Kier molecular flexibility index (Phi) is 8.71. The van der Waals surface area contributed by atoms with Gasteiger partial charge in [0.25, 0.3) is 0 Å². The minimum atomic E-state index is -1.36. The molecule has 3 atom stereocenters. The number of ether oxygens (including phenoxy) is 6. The Labute approximate surface area is 286 Å². The van der Waals surface area contributed by atoms with E-state index in [-0.39, 0.29) is 17.3 Å². The number of epoxide rings is 1. The second kappa shape index (κ2) is 12.9. The monoisotopic (exact) mass is 668 g/mol. The predicted molar refractivity (Wildman–Crippen MR) is 187 cm³/mol. The second-order valence-electron chi connectivity index (χ2n) is 14.3. The molecule has 9 heteroatoms. The molecular weight excluding hydrogens is 624 g/mol. The maximum absolute atomic E-state index is 11.6. The highest BCUT2D eigenvalue weighted by Crippen LogP contribution is 2.48. The normalized spacial score (nSPS) is 24.0. The lowest BCUT2D eigenvalue weighted by molar-refractivity contribution is -0.270. The van der Waals surface area contributed by atoms with Crippen molar-refractivity contribution in [3.63, 3.8) is 0 Å². The highest BCUT2D eigenvalue weighted by atomic mass is 16.9. The Hall–Kier alpha value is -4.31. The summed E-state index contributed by atoms with van der Waals surface area (Å²) < 4.78 is 48.5. The van der Waals surface area contributed by atoms with Crippen LogP contribution in [0.1, 0.15) is 72.8 Å². The van der Waals surface area contributed by atoms with Crippen LogP contribution in [0.5, 0.6) is 17.2 Å². The third-order valence-corrected chi connectivity index (χ3v) is 9.61. The van der Waals surface area contributed by atoms with Crippen molar-refractivity contribution in [1.82, 2.24) is 0 Å². The van der Waals surface area contributed by atoms with E-state index < -0.39 is 11.6 Å². The summed E-state index contributed by atoms with van der Waals surface area (Å²) in [5, 5.41) is 1.73. The zero-order valence-electron chi connectivity index (χ0n) is 29.0. The van der Waals surface area contributed by atoms with Gasteiger partial charge < -0.3 is 37.3 Å². The van der Waals surface area contributed by atoms with E-state index in [9.17, 15) is 4.79 Å². The lowest BCUT2D eigenvalue weighted by atomic mass is 9.96. The van der Waals surface area contributed by atoms with Gasteiger partial charge in [0.2, 0.25) is 0 Å². The van der Waals surface area contributed by atoms with Crippen LogP contribution >= 0.6 is 0 Å². The maximum atomic E-state index is 11.6. The quantitative estimate of drug-likeness (QED) is 0.0832. The van der Waals surface area contributed by atoms with Gasteiger partial charge in [-0.15, -0.1) is 0 Å². The van der Waals surface area contributed by atoms with E-state index in [1.54, 1.807) is 18.4 Å². The number of hydrogen-bond acceptors (Lipinski definition) is 9. The summed E-state index contributed by atoms with van der Waals surface area (Å²) in [5.74, 6) is 0.553. The van der Waals surface area contributed by atoms with Crippen LogP contribution in [0, 0.1) is 0 Å². The molecule has 2 saturated heterocycles. The lowest BCUT2D eigenvalue weighted by Crippen LogP contribution is -2.38. The fraction of sp³-hybridized carbons (Fsp3) is 0.425. The number of furan rings is 1. The van der Waals surface area contributed by atoms with Crippen molar-refractivity contribution in [2.75, 3.05) is 13.2 Å². The predicted octanol–water partition coefficient (Wildman–Crippen LogP) is 8.88. The SMILES string of the molecule is CC(=CCOc1c2c(cc3occc13)O[C@@]1(C=C2)OC(CCC(C)=CCOc2ccc3ccc(=O)oc3c2)C(C)(C)O1)CCC1OC1(C)C. The van der Waals surface area contributed by atoms with Gasteiger partial charge in [0.1, 0.15) is 41.6 Å². The average Bonchev–Trinajstić information content (AvgIpc) is 3.31. The van der Waals surface area contributed by atoms with Crippen molar-refractivity contribution in [1.29, 1.82) is 0 Å². The first-order valence-electron chi connectivity index (χ1n) is 17.0. The summed E-state index contributed by atoms with van der Waals surface area (Å²) in [6.45, 7) is 13.3. The Bertz CT molecular complexity index is 2010. The van der Waals surface area contributed by atoms with Crippen molar-refractivity contribution in [2.24, 2.45) is 0 Å². The van der Waals surface area contributed by atoms with E-state index in [2.05, 4.69) is 33.8 Å². The zero-order chi connectivity index (χ0) is 34.4. The minimum Gasteiger partial charge on any atom is -0.489 e. The molecule has 7 rings (SSSR count). The average molecular weight is 669 g/mol. The first kappa shape index (κ1) is 33.2. The summed E-state index contributed by atoms with van der Waals surface area (Å²) in [6, 6.07) is 12.4. The van der Waals surface area contributed by atoms with Crippen molar-refractivity contribution < 1.29 is 37.3 Å². The molecule has 0 N–H and O–H groups in total. The Balaban J connectivity index is 0.974. The molecule has 3 aliphatic heterocycles. The first-order valence-corrected chi connectivity index (χ1v) is 17.0. The molecule has 0 amide bonds. The summed E-state index contributed by atoms with van der Waals surface area (Å²) in [7, 11) is 0. The third kappa shape index (κ3) is 7.20. The van der Waals surface area contributed by atoms with Crippen LogP contribution in [0.25, 0.3) is 28.0 Å². The molecule has 3 aliphatic rings. The molecule has 5 heterocycles. The van der Waals surface area contributed by atoms with Crippen molar-refractivity contribution in [2.45, 2.75) is 96.6 Å². The van der Waals surface area contributed by atoms with Gasteiger partial charge in [-0.25, -0.2) is 4.79 Å². The first-order chi connectivity index (χ1) is 23.4. The van der Waals surface area contributed by atoms with Gasteiger partial charge in [0.05, 0.1) is 40.6 Å². The molecule has 0 bridgehead atoms. The molecule has 2 aromatic carbocycles. The summed E-state index contributed by atoms with van der Waals surface area (Å²) in [5.41, 5.74) is 3.43. The smallest absolute Gasteiger partial charge is 0.350 e. The van der Waals surface area contributed by atoms with Gasteiger partial charge >= 0.3 is 11.6 Å². The van der Waals surface area contributed by atoms with Crippen LogP contribution in [0.15, 0.2) is 91.7 Å². The molecule has 1 spiro atoms. The number of rotatable bonds is 12. The largest absolute Gasteiger partial charge is 0.489 e. The highest BCUT2D eigenvalue weighted by Gasteiger charge is 2.54. The molecule has 0 aliphatic carbocycles. The van der Waals surface area contributed by atoms with E-state index >= 15 is 0 Å². The van der Waals surface area contributed by atoms with Gasteiger partial charge in [-0.2, -0.15) is 0 Å². The molecule has 0 saturated carbocycles. The van der Waals surface area contributed by atoms with Crippen LogP contribution in [0.2, 0.25) is 0 Å². The maximum Gasteiger partial charge on any atom is 0.350 e. The molecule has 2 fully saturated rings. The molecule has 2 aromatic heterocycles. The minimum absolute atomic E-state index is 0.00721. The molecular formula is C40H44O9. The van der Waals surface area contributed by atoms with E-state index in [1.165, 1.54) is 11.6 Å².